The van der Waals surface area contributed by atoms with Gasteiger partial charge in [0.05, 0.1) is 11.1 Å². The molecule has 0 saturated heterocycles. The molecule has 0 aliphatic rings. The van der Waals surface area contributed by atoms with Crippen LogP contribution in [-0.2, 0) is 0 Å². The molecule has 3 aromatic rings. The zero-order chi connectivity index (χ0) is 16.2. The first-order valence-corrected chi connectivity index (χ1v) is 6.79. The Morgan fingerprint density at radius 3 is 2.61 bits per heavy atom. The molecule has 7 nitrogen and oxygen atoms in total. The van der Waals surface area contributed by atoms with Gasteiger partial charge in [0, 0.05) is 23.0 Å². The molecule has 0 aliphatic carbocycles. The van der Waals surface area contributed by atoms with Gasteiger partial charge in [-0.15, -0.1) is 0 Å². The number of carbonyl (C=O) groups excluding carboxylic acids is 1. The van der Waals surface area contributed by atoms with E-state index in [1.165, 1.54) is 18.3 Å². The summed E-state index contributed by atoms with van der Waals surface area (Å²) in [4.78, 5) is 25.1. The highest BCUT2D eigenvalue weighted by atomic mass is 16.6. The summed E-state index contributed by atoms with van der Waals surface area (Å²) >= 11 is 0. The van der Waals surface area contributed by atoms with E-state index in [0.29, 0.717) is 11.3 Å². The summed E-state index contributed by atoms with van der Waals surface area (Å²) in [5.74, 6) is -0.362. The average Bonchev–Trinajstić information content (AvgIpc) is 2.99. The third kappa shape index (κ3) is 3.24. The first-order valence-electron chi connectivity index (χ1n) is 6.79. The van der Waals surface area contributed by atoms with Crippen molar-refractivity contribution in [3.63, 3.8) is 0 Å². The molecule has 0 aliphatic heterocycles. The van der Waals surface area contributed by atoms with E-state index < -0.39 is 4.92 Å². The zero-order valence-electron chi connectivity index (χ0n) is 11.9. The Morgan fingerprint density at radius 2 is 1.91 bits per heavy atom. The number of amides is 1. The van der Waals surface area contributed by atoms with Gasteiger partial charge in [0.25, 0.3) is 11.6 Å². The number of nitro benzene ring substituents is 1. The maximum absolute atomic E-state index is 12.0. The van der Waals surface area contributed by atoms with E-state index >= 15 is 0 Å². The summed E-state index contributed by atoms with van der Waals surface area (Å²) in [5.41, 5.74) is 4.34. The Morgan fingerprint density at radius 1 is 1.17 bits per heavy atom. The molecule has 23 heavy (non-hydrogen) atoms. The second-order valence-electron chi connectivity index (χ2n) is 4.82. The molecule has 0 atom stereocenters. The normalized spacial score (nSPS) is 11.0. The fourth-order valence-corrected chi connectivity index (χ4v) is 2.10. The summed E-state index contributed by atoms with van der Waals surface area (Å²) in [6, 6.07) is 15.2. The lowest BCUT2D eigenvalue weighted by Crippen LogP contribution is -2.17. The first-order chi connectivity index (χ1) is 11.1. The van der Waals surface area contributed by atoms with Crippen molar-refractivity contribution < 1.29 is 9.72 Å². The first kappa shape index (κ1) is 14.5. The lowest BCUT2D eigenvalue weighted by atomic mass is 10.2. The van der Waals surface area contributed by atoms with Crippen LogP contribution in [0.5, 0.6) is 0 Å². The summed E-state index contributed by atoms with van der Waals surface area (Å²) in [7, 11) is 0. The highest BCUT2D eigenvalue weighted by molar-refractivity contribution is 5.98. The van der Waals surface area contributed by atoms with E-state index in [0.717, 1.165) is 10.9 Å². The molecule has 1 amide bonds. The number of hydrogen-bond acceptors (Lipinski definition) is 4. The highest BCUT2D eigenvalue weighted by Gasteiger charge is 2.08. The molecule has 1 aromatic heterocycles. The van der Waals surface area contributed by atoms with Gasteiger partial charge in [0.1, 0.15) is 5.69 Å². The Bertz CT molecular complexity index is 864. The van der Waals surface area contributed by atoms with E-state index in [2.05, 4.69) is 15.5 Å². The van der Waals surface area contributed by atoms with Crippen LogP contribution in [0.1, 0.15) is 16.1 Å². The van der Waals surface area contributed by atoms with Crippen LogP contribution in [0.3, 0.4) is 0 Å². The summed E-state index contributed by atoms with van der Waals surface area (Å²) in [6.07, 6.45) is 1.42. The molecule has 0 saturated carbocycles. The van der Waals surface area contributed by atoms with Crippen molar-refractivity contribution in [3.05, 3.63) is 76.0 Å². The molecule has 0 fully saturated rings. The second-order valence-corrected chi connectivity index (χ2v) is 4.82. The summed E-state index contributed by atoms with van der Waals surface area (Å²) in [5, 5.41) is 15.3. The summed E-state index contributed by atoms with van der Waals surface area (Å²) in [6.45, 7) is 0. The molecule has 2 N–H and O–H groups in total. The fraction of sp³-hybridized carbons (Fsp3) is 0. The Kier molecular flexibility index (Phi) is 3.84. The van der Waals surface area contributed by atoms with Crippen LogP contribution in [0.2, 0.25) is 0 Å². The largest absolute Gasteiger partial charge is 0.350 e. The number of para-hydroxylation sites is 1. The maximum Gasteiger partial charge on any atom is 0.287 e. The topological polar surface area (TPSA) is 100 Å². The van der Waals surface area contributed by atoms with Gasteiger partial charge < -0.3 is 4.98 Å². The van der Waals surface area contributed by atoms with Crippen molar-refractivity contribution in [2.75, 3.05) is 0 Å². The number of hydrogen-bond donors (Lipinski definition) is 2. The van der Waals surface area contributed by atoms with Gasteiger partial charge >= 0.3 is 0 Å². The van der Waals surface area contributed by atoms with Crippen LogP contribution in [0.25, 0.3) is 10.9 Å². The molecule has 3 rings (SSSR count). The number of nitrogens with zero attached hydrogens (tertiary/aromatic N) is 2. The van der Waals surface area contributed by atoms with Gasteiger partial charge in [0.2, 0.25) is 0 Å². The number of nitro groups is 1. The maximum atomic E-state index is 12.0. The lowest BCUT2D eigenvalue weighted by molar-refractivity contribution is -0.384. The van der Waals surface area contributed by atoms with Gasteiger partial charge in [-0.3, -0.25) is 14.9 Å². The number of aromatic nitrogens is 1. The smallest absolute Gasteiger partial charge is 0.287 e. The van der Waals surface area contributed by atoms with Crippen molar-refractivity contribution in [1.82, 2.24) is 10.4 Å². The van der Waals surface area contributed by atoms with Gasteiger partial charge in [-0.1, -0.05) is 18.2 Å². The average molecular weight is 308 g/mol. The third-order valence-corrected chi connectivity index (χ3v) is 3.26. The van der Waals surface area contributed by atoms with E-state index in [9.17, 15) is 14.9 Å². The van der Waals surface area contributed by atoms with Crippen molar-refractivity contribution in [2.45, 2.75) is 0 Å². The van der Waals surface area contributed by atoms with Gasteiger partial charge in [0.15, 0.2) is 0 Å². The van der Waals surface area contributed by atoms with E-state index in [1.807, 2.05) is 24.3 Å². The minimum Gasteiger partial charge on any atom is -0.350 e. The van der Waals surface area contributed by atoms with Crippen LogP contribution >= 0.6 is 0 Å². The molecular formula is C16H12N4O3. The Labute approximate surface area is 130 Å². The van der Waals surface area contributed by atoms with Crippen molar-refractivity contribution >= 4 is 28.7 Å². The number of hydrazone groups is 1. The number of carbonyl (C=O) groups is 1. The Hall–Kier alpha value is -3.48. The number of non-ortho nitro benzene ring substituents is 1. The number of fused-ring (bicyclic) bond motifs is 1. The monoisotopic (exact) mass is 308 g/mol. The fourth-order valence-electron chi connectivity index (χ4n) is 2.10. The van der Waals surface area contributed by atoms with Crippen LogP contribution < -0.4 is 5.43 Å². The van der Waals surface area contributed by atoms with Crippen LogP contribution in [0, 0.1) is 10.1 Å². The minimum absolute atomic E-state index is 0.00395. The molecule has 2 aromatic carbocycles. The van der Waals surface area contributed by atoms with E-state index in [-0.39, 0.29) is 11.6 Å². The van der Waals surface area contributed by atoms with E-state index in [4.69, 9.17) is 0 Å². The van der Waals surface area contributed by atoms with Gasteiger partial charge in [-0.2, -0.15) is 5.10 Å². The number of H-pyrrole nitrogens is 1. The van der Waals surface area contributed by atoms with Crippen LogP contribution in [0.4, 0.5) is 5.69 Å². The third-order valence-electron chi connectivity index (χ3n) is 3.26. The molecule has 0 unspecified atom stereocenters. The van der Waals surface area contributed by atoms with Crippen molar-refractivity contribution in [3.8, 4) is 0 Å². The minimum atomic E-state index is -0.474. The molecule has 0 spiro atoms. The van der Waals surface area contributed by atoms with Crippen molar-refractivity contribution in [1.29, 1.82) is 0 Å². The predicted molar refractivity (Wildman–Crippen MR) is 86.5 cm³/mol. The number of rotatable bonds is 4. The standard InChI is InChI=1S/C16H12N4O3/c21-16(15-9-12-3-1-2-4-14(12)18-15)19-17-10-11-5-7-13(8-6-11)20(22)23/h1-10,18H,(H,19,21)/b17-10+. The lowest BCUT2D eigenvalue weighted by Gasteiger charge is -1.96. The predicted octanol–water partition coefficient (Wildman–Crippen LogP) is 2.84. The van der Waals surface area contributed by atoms with Crippen LogP contribution in [-0.4, -0.2) is 22.0 Å². The van der Waals surface area contributed by atoms with Crippen molar-refractivity contribution in [2.24, 2.45) is 5.10 Å². The molecular weight excluding hydrogens is 296 g/mol. The quantitative estimate of drug-likeness (QED) is 0.440. The van der Waals surface area contributed by atoms with Crippen LogP contribution in [0.15, 0.2) is 59.7 Å². The molecule has 0 radical (unpaired) electrons. The molecule has 0 bridgehead atoms. The number of nitrogens with one attached hydrogen (secondary N) is 2. The highest BCUT2D eigenvalue weighted by Crippen LogP contribution is 2.14. The Balaban J connectivity index is 1.67. The summed E-state index contributed by atoms with van der Waals surface area (Å²) < 4.78 is 0. The number of benzene rings is 2. The number of aromatic amines is 1. The van der Waals surface area contributed by atoms with E-state index in [1.54, 1.807) is 18.2 Å². The van der Waals surface area contributed by atoms with Gasteiger partial charge in [-0.25, -0.2) is 5.43 Å². The SMILES string of the molecule is O=C(N/N=C/c1ccc([N+](=O)[O-])cc1)c1cc2ccccc2[nH]1. The van der Waals surface area contributed by atoms with Gasteiger partial charge in [-0.05, 0) is 29.8 Å². The zero-order valence-corrected chi connectivity index (χ0v) is 11.9. The molecule has 1 heterocycles. The molecule has 7 heteroatoms. The second kappa shape index (κ2) is 6.10. The molecule has 114 valence electrons.